The highest BCUT2D eigenvalue weighted by Crippen LogP contribution is 2.29. The van der Waals surface area contributed by atoms with Crippen LogP contribution in [0.2, 0.25) is 0 Å². The maximum Gasteiger partial charge on any atom is 0.131 e. The highest BCUT2D eigenvalue weighted by molar-refractivity contribution is 5.71. The summed E-state index contributed by atoms with van der Waals surface area (Å²) >= 11 is 0. The van der Waals surface area contributed by atoms with E-state index in [-0.39, 0.29) is 11.9 Å². The lowest BCUT2D eigenvalue weighted by Gasteiger charge is -2.11. The van der Waals surface area contributed by atoms with Crippen molar-refractivity contribution in [1.82, 2.24) is 0 Å². The second-order valence-corrected chi connectivity index (χ2v) is 6.38. The molecule has 2 N–H and O–H groups in total. The average Bonchev–Trinajstić information content (AvgIpc) is 2.67. The Morgan fingerprint density at radius 1 is 0.800 bits per heavy atom. The molecule has 1 unspecified atom stereocenters. The van der Waals surface area contributed by atoms with Crippen LogP contribution in [0.4, 0.5) is 4.39 Å². The Balaban J connectivity index is 1.88. The van der Waals surface area contributed by atoms with Crippen molar-refractivity contribution in [2.24, 2.45) is 5.73 Å². The summed E-state index contributed by atoms with van der Waals surface area (Å²) < 4.78 is 14.6. The third-order valence-electron chi connectivity index (χ3n) is 4.75. The Morgan fingerprint density at radius 2 is 1.40 bits per heavy atom. The first-order valence-electron chi connectivity index (χ1n) is 8.87. The Kier molecular flexibility index (Phi) is 5.30. The summed E-state index contributed by atoms with van der Waals surface area (Å²) in [6.45, 7) is 4.18. The van der Waals surface area contributed by atoms with E-state index in [2.05, 4.69) is 26.0 Å². The highest BCUT2D eigenvalue weighted by atomic mass is 19.1. The number of aryl methyl sites for hydroxylation is 1. The molecule has 0 amide bonds. The standard InChI is InChI=1S/C23H24FN/c1-3-16-5-7-18(8-6-16)21-14-13-20(15-22(21)24)17-9-11-19(12-10-17)23(25)4-2/h5-15,23H,3-4,25H2,1-2H3. The van der Waals surface area contributed by atoms with Crippen molar-refractivity contribution in [3.63, 3.8) is 0 Å². The first kappa shape index (κ1) is 17.4. The molecule has 0 radical (unpaired) electrons. The molecule has 0 saturated carbocycles. The van der Waals surface area contributed by atoms with Gasteiger partial charge < -0.3 is 5.73 Å². The minimum Gasteiger partial charge on any atom is -0.324 e. The highest BCUT2D eigenvalue weighted by Gasteiger charge is 2.09. The lowest BCUT2D eigenvalue weighted by molar-refractivity contribution is 0.632. The lowest BCUT2D eigenvalue weighted by atomic mass is 9.97. The monoisotopic (exact) mass is 333 g/mol. The zero-order valence-electron chi connectivity index (χ0n) is 14.8. The molecular weight excluding hydrogens is 309 g/mol. The van der Waals surface area contributed by atoms with Gasteiger partial charge in [-0.25, -0.2) is 4.39 Å². The molecular formula is C23H24FN. The molecule has 25 heavy (non-hydrogen) atoms. The Morgan fingerprint density at radius 3 is 1.96 bits per heavy atom. The number of benzene rings is 3. The van der Waals surface area contributed by atoms with Gasteiger partial charge in [0.1, 0.15) is 5.82 Å². The predicted octanol–water partition coefficient (Wildman–Crippen LogP) is 6.13. The summed E-state index contributed by atoms with van der Waals surface area (Å²) in [5.74, 6) is -0.198. The SMILES string of the molecule is CCc1ccc(-c2ccc(-c3ccc(C(N)CC)cc3)cc2F)cc1. The van der Waals surface area contributed by atoms with Crippen LogP contribution in [-0.2, 0) is 6.42 Å². The zero-order valence-corrected chi connectivity index (χ0v) is 14.8. The molecule has 0 aliphatic rings. The maximum absolute atomic E-state index is 14.6. The number of hydrogen-bond acceptors (Lipinski definition) is 1. The van der Waals surface area contributed by atoms with Crippen LogP contribution in [0.25, 0.3) is 22.3 Å². The van der Waals surface area contributed by atoms with Crippen molar-refractivity contribution in [2.75, 3.05) is 0 Å². The van der Waals surface area contributed by atoms with E-state index >= 15 is 0 Å². The lowest BCUT2D eigenvalue weighted by Crippen LogP contribution is -2.08. The molecule has 128 valence electrons. The van der Waals surface area contributed by atoms with E-state index in [1.165, 1.54) is 5.56 Å². The molecule has 0 bridgehead atoms. The minimum atomic E-state index is -0.198. The van der Waals surface area contributed by atoms with Gasteiger partial charge >= 0.3 is 0 Å². The molecule has 1 nitrogen and oxygen atoms in total. The molecule has 0 aromatic heterocycles. The first-order valence-corrected chi connectivity index (χ1v) is 8.87. The van der Waals surface area contributed by atoms with Gasteiger partial charge in [-0.1, -0.05) is 74.5 Å². The predicted molar refractivity (Wildman–Crippen MR) is 104 cm³/mol. The number of hydrogen-bond donors (Lipinski definition) is 1. The fourth-order valence-electron chi connectivity index (χ4n) is 3.01. The van der Waals surface area contributed by atoms with E-state index in [1.807, 2.05) is 48.5 Å². The van der Waals surface area contributed by atoms with Crippen LogP contribution in [0.15, 0.2) is 66.7 Å². The van der Waals surface area contributed by atoms with E-state index < -0.39 is 0 Å². The van der Waals surface area contributed by atoms with Crippen LogP contribution in [-0.4, -0.2) is 0 Å². The minimum absolute atomic E-state index is 0.0549. The summed E-state index contributed by atoms with van der Waals surface area (Å²) in [6, 6.07) is 21.6. The second-order valence-electron chi connectivity index (χ2n) is 6.38. The molecule has 0 spiro atoms. The smallest absolute Gasteiger partial charge is 0.131 e. The fourth-order valence-corrected chi connectivity index (χ4v) is 3.01. The van der Waals surface area contributed by atoms with Gasteiger partial charge in [-0.15, -0.1) is 0 Å². The van der Waals surface area contributed by atoms with E-state index in [1.54, 1.807) is 6.07 Å². The fraction of sp³-hybridized carbons (Fsp3) is 0.217. The van der Waals surface area contributed by atoms with Crippen molar-refractivity contribution in [3.8, 4) is 22.3 Å². The Labute approximate surface area is 149 Å². The van der Waals surface area contributed by atoms with Crippen molar-refractivity contribution in [1.29, 1.82) is 0 Å². The Hall–Kier alpha value is -2.45. The van der Waals surface area contributed by atoms with Gasteiger partial charge in [0.05, 0.1) is 0 Å². The molecule has 0 aliphatic heterocycles. The van der Waals surface area contributed by atoms with Gasteiger partial charge in [0.25, 0.3) is 0 Å². The van der Waals surface area contributed by atoms with E-state index in [4.69, 9.17) is 5.73 Å². The van der Waals surface area contributed by atoms with Gasteiger partial charge in [0, 0.05) is 11.6 Å². The normalized spacial score (nSPS) is 12.2. The van der Waals surface area contributed by atoms with Gasteiger partial charge in [-0.3, -0.25) is 0 Å². The Bertz CT molecular complexity index is 835. The van der Waals surface area contributed by atoms with Crippen molar-refractivity contribution >= 4 is 0 Å². The molecule has 0 fully saturated rings. The van der Waals surface area contributed by atoms with Crippen LogP contribution < -0.4 is 5.73 Å². The van der Waals surface area contributed by atoms with E-state index in [0.29, 0.717) is 5.56 Å². The van der Waals surface area contributed by atoms with Gasteiger partial charge in [-0.2, -0.15) is 0 Å². The topological polar surface area (TPSA) is 26.0 Å². The molecule has 1 atom stereocenters. The largest absolute Gasteiger partial charge is 0.324 e. The quantitative estimate of drug-likeness (QED) is 0.597. The van der Waals surface area contributed by atoms with Crippen LogP contribution in [0.1, 0.15) is 37.4 Å². The first-order chi connectivity index (χ1) is 12.1. The van der Waals surface area contributed by atoms with Crippen molar-refractivity contribution in [3.05, 3.63) is 83.7 Å². The molecule has 0 saturated heterocycles. The van der Waals surface area contributed by atoms with Crippen LogP contribution in [0.5, 0.6) is 0 Å². The second kappa shape index (κ2) is 7.62. The van der Waals surface area contributed by atoms with Gasteiger partial charge in [-0.05, 0) is 46.7 Å². The summed E-state index contributed by atoms with van der Waals surface area (Å²) in [7, 11) is 0. The molecule has 0 aliphatic carbocycles. The molecule has 3 aromatic rings. The molecule has 0 heterocycles. The summed E-state index contributed by atoms with van der Waals surface area (Å²) in [5, 5.41) is 0. The summed E-state index contributed by atoms with van der Waals surface area (Å²) in [6.07, 6.45) is 1.89. The maximum atomic E-state index is 14.6. The number of halogens is 1. The van der Waals surface area contributed by atoms with Gasteiger partial charge in [0.2, 0.25) is 0 Å². The van der Waals surface area contributed by atoms with Crippen LogP contribution >= 0.6 is 0 Å². The summed E-state index contributed by atoms with van der Waals surface area (Å²) in [5.41, 5.74) is 11.8. The summed E-state index contributed by atoms with van der Waals surface area (Å²) in [4.78, 5) is 0. The van der Waals surface area contributed by atoms with Crippen LogP contribution in [0, 0.1) is 5.82 Å². The molecule has 2 heteroatoms. The number of nitrogens with two attached hydrogens (primary N) is 1. The molecule has 3 rings (SSSR count). The van der Waals surface area contributed by atoms with Gasteiger partial charge in [0.15, 0.2) is 0 Å². The van der Waals surface area contributed by atoms with E-state index in [0.717, 1.165) is 35.1 Å². The average molecular weight is 333 g/mol. The third kappa shape index (κ3) is 3.80. The van der Waals surface area contributed by atoms with E-state index in [9.17, 15) is 4.39 Å². The third-order valence-corrected chi connectivity index (χ3v) is 4.75. The van der Waals surface area contributed by atoms with Crippen LogP contribution in [0.3, 0.4) is 0 Å². The van der Waals surface area contributed by atoms with Crippen molar-refractivity contribution < 1.29 is 4.39 Å². The number of rotatable bonds is 5. The molecule has 3 aromatic carbocycles. The van der Waals surface area contributed by atoms with Crippen molar-refractivity contribution in [2.45, 2.75) is 32.7 Å². The zero-order chi connectivity index (χ0) is 17.8.